The average molecular weight is 466 g/mol. The maximum atomic E-state index is 13.3. The predicted molar refractivity (Wildman–Crippen MR) is 124 cm³/mol. The van der Waals surface area contributed by atoms with Crippen LogP contribution in [0.4, 0.5) is 14.5 Å². The Morgan fingerprint density at radius 2 is 1.50 bits per heavy atom. The van der Waals surface area contributed by atoms with Gasteiger partial charge in [-0.15, -0.1) is 0 Å². The third kappa shape index (κ3) is 4.82. The maximum Gasteiger partial charge on any atom is 0.251 e. The number of anilines is 1. The quantitative estimate of drug-likeness (QED) is 0.597. The molecule has 3 aromatic carbocycles. The van der Waals surface area contributed by atoms with Gasteiger partial charge in [-0.1, -0.05) is 6.07 Å². The van der Waals surface area contributed by atoms with E-state index in [1.165, 1.54) is 36.4 Å². The van der Waals surface area contributed by atoms with E-state index in [-0.39, 0.29) is 30.4 Å². The highest BCUT2D eigenvalue weighted by molar-refractivity contribution is 5.94. The maximum absolute atomic E-state index is 13.3. The van der Waals surface area contributed by atoms with Crippen LogP contribution in [0.25, 0.3) is 0 Å². The van der Waals surface area contributed by atoms with E-state index in [2.05, 4.69) is 15.1 Å². The Balaban J connectivity index is 1.31. The second kappa shape index (κ2) is 9.69. The summed E-state index contributed by atoms with van der Waals surface area (Å²) in [5, 5.41) is 3.00. The van der Waals surface area contributed by atoms with Gasteiger partial charge in [-0.25, -0.2) is 8.78 Å². The van der Waals surface area contributed by atoms with Gasteiger partial charge in [-0.3, -0.25) is 9.69 Å². The summed E-state index contributed by atoms with van der Waals surface area (Å²) in [7, 11) is 0. The van der Waals surface area contributed by atoms with Gasteiger partial charge in [-0.2, -0.15) is 0 Å². The van der Waals surface area contributed by atoms with Crippen molar-refractivity contribution in [1.82, 2.24) is 10.2 Å². The number of nitrogens with zero attached hydrogens (tertiary/aromatic N) is 2. The van der Waals surface area contributed by atoms with Crippen LogP contribution in [0.2, 0.25) is 0 Å². The minimum Gasteiger partial charge on any atom is -0.454 e. The largest absolute Gasteiger partial charge is 0.454 e. The number of ether oxygens (including phenoxy) is 2. The predicted octanol–water partition coefficient (Wildman–Crippen LogP) is 3.99. The lowest BCUT2D eigenvalue weighted by Crippen LogP contribution is -2.50. The topological polar surface area (TPSA) is 54.0 Å². The summed E-state index contributed by atoms with van der Waals surface area (Å²) >= 11 is 0. The Bertz CT molecular complexity index is 1150. The van der Waals surface area contributed by atoms with Crippen LogP contribution in [-0.4, -0.2) is 50.3 Å². The number of carbonyl (C=O) groups excluding carboxylic acids is 1. The number of hydrogen-bond acceptors (Lipinski definition) is 5. The summed E-state index contributed by atoms with van der Waals surface area (Å²) in [5.74, 6) is 0.517. The molecule has 0 saturated carbocycles. The molecule has 1 saturated heterocycles. The summed E-state index contributed by atoms with van der Waals surface area (Å²) in [6.07, 6.45) is 0. The van der Waals surface area contributed by atoms with Crippen molar-refractivity contribution >= 4 is 11.6 Å². The molecule has 34 heavy (non-hydrogen) atoms. The number of piperazine rings is 1. The monoisotopic (exact) mass is 465 g/mol. The van der Waals surface area contributed by atoms with E-state index in [0.717, 1.165) is 37.4 Å². The van der Waals surface area contributed by atoms with Crippen molar-refractivity contribution in [3.05, 3.63) is 89.5 Å². The van der Waals surface area contributed by atoms with Gasteiger partial charge in [0.25, 0.3) is 5.91 Å². The third-order valence-corrected chi connectivity index (χ3v) is 6.29. The molecule has 1 amide bonds. The first-order valence-electron chi connectivity index (χ1n) is 11.2. The van der Waals surface area contributed by atoms with Crippen molar-refractivity contribution in [3.63, 3.8) is 0 Å². The second-order valence-corrected chi connectivity index (χ2v) is 8.34. The minimum atomic E-state index is -0.381. The molecular formula is C26H25F2N3O3. The number of carbonyl (C=O) groups is 1. The Labute approximate surface area is 196 Å². The molecule has 6 nitrogen and oxygen atoms in total. The summed E-state index contributed by atoms with van der Waals surface area (Å²) in [6.45, 7) is 3.66. The molecule has 0 aromatic heterocycles. The third-order valence-electron chi connectivity index (χ3n) is 6.29. The van der Waals surface area contributed by atoms with Crippen molar-refractivity contribution in [1.29, 1.82) is 0 Å². The molecule has 176 valence electrons. The molecule has 0 spiro atoms. The highest BCUT2D eigenvalue weighted by Crippen LogP contribution is 2.35. The fourth-order valence-electron chi connectivity index (χ4n) is 4.41. The molecular weight excluding hydrogens is 440 g/mol. The zero-order valence-electron chi connectivity index (χ0n) is 18.5. The lowest BCUT2D eigenvalue weighted by atomic mass is 10.0. The van der Waals surface area contributed by atoms with Crippen LogP contribution in [0.5, 0.6) is 11.5 Å². The first-order valence-corrected chi connectivity index (χ1v) is 11.2. The van der Waals surface area contributed by atoms with Gasteiger partial charge in [0.15, 0.2) is 11.5 Å². The normalized spacial score (nSPS) is 16.4. The molecule has 0 radical (unpaired) electrons. The molecule has 1 atom stereocenters. The van der Waals surface area contributed by atoms with E-state index in [9.17, 15) is 13.6 Å². The fourth-order valence-corrected chi connectivity index (χ4v) is 4.41. The van der Waals surface area contributed by atoms with E-state index in [0.29, 0.717) is 23.6 Å². The molecule has 2 aliphatic heterocycles. The van der Waals surface area contributed by atoms with Crippen molar-refractivity contribution in [2.75, 3.05) is 44.4 Å². The molecule has 2 heterocycles. The fraction of sp³-hybridized carbons (Fsp3) is 0.269. The van der Waals surface area contributed by atoms with E-state index >= 15 is 0 Å². The zero-order valence-corrected chi connectivity index (χ0v) is 18.5. The van der Waals surface area contributed by atoms with E-state index in [1.807, 2.05) is 18.2 Å². The zero-order chi connectivity index (χ0) is 23.5. The summed E-state index contributed by atoms with van der Waals surface area (Å²) in [5.41, 5.74) is 2.41. The Morgan fingerprint density at radius 3 is 2.21 bits per heavy atom. The van der Waals surface area contributed by atoms with E-state index in [1.54, 1.807) is 12.1 Å². The smallest absolute Gasteiger partial charge is 0.251 e. The second-order valence-electron chi connectivity index (χ2n) is 8.34. The van der Waals surface area contributed by atoms with Crippen molar-refractivity contribution in [2.45, 2.75) is 6.04 Å². The van der Waals surface area contributed by atoms with Crippen LogP contribution >= 0.6 is 0 Å². The van der Waals surface area contributed by atoms with Gasteiger partial charge in [0.2, 0.25) is 6.79 Å². The highest BCUT2D eigenvalue weighted by Gasteiger charge is 2.27. The van der Waals surface area contributed by atoms with E-state index < -0.39 is 0 Å². The first kappa shape index (κ1) is 22.2. The number of fused-ring (bicyclic) bond motifs is 1. The molecule has 0 unspecified atom stereocenters. The van der Waals surface area contributed by atoms with Crippen LogP contribution in [0, 0.1) is 11.6 Å². The van der Waals surface area contributed by atoms with Crippen LogP contribution in [0.3, 0.4) is 0 Å². The summed E-state index contributed by atoms with van der Waals surface area (Å²) in [6, 6.07) is 17.8. The average Bonchev–Trinajstić information content (AvgIpc) is 3.33. The lowest BCUT2D eigenvalue weighted by Gasteiger charge is -2.40. The van der Waals surface area contributed by atoms with Crippen LogP contribution in [0.15, 0.2) is 66.7 Å². The molecule has 1 N–H and O–H groups in total. The summed E-state index contributed by atoms with van der Waals surface area (Å²) in [4.78, 5) is 17.2. The Kier molecular flexibility index (Phi) is 6.31. The van der Waals surface area contributed by atoms with Crippen LogP contribution < -0.4 is 19.7 Å². The summed E-state index contributed by atoms with van der Waals surface area (Å²) < 4.78 is 37.5. The Morgan fingerprint density at radius 1 is 0.853 bits per heavy atom. The standard InChI is InChI=1S/C26H25F2N3O3/c27-20-4-1-18(2-5-20)26(32)29-16-23(19-3-10-24-25(15-19)34-17-33-24)31-13-11-30(12-14-31)22-8-6-21(28)7-9-22/h1-10,15,23H,11-14,16-17H2,(H,29,32)/t23-/m1/s1. The molecule has 0 bridgehead atoms. The van der Waals surface area contributed by atoms with Gasteiger partial charge >= 0.3 is 0 Å². The number of hydrogen-bond donors (Lipinski definition) is 1. The SMILES string of the molecule is O=C(NC[C@H](c1ccc2c(c1)OCO2)N1CCN(c2ccc(F)cc2)CC1)c1ccc(F)cc1. The first-order chi connectivity index (χ1) is 16.6. The van der Waals surface area contributed by atoms with Gasteiger partial charge in [0.1, 0.15) is 11.6 Å². The number of benzene rings is 3. The van der Waals surface area contributed by atoms with Gasteiger partial charge in [-0.05, 0) is 66.2 Å². The molecule has 3 aromatic rings. The van der Waals surface area contributed by atoms with Crippen molar-refractivity contribution in [3.8, 4) is 11.5 Å². The van der Waals surface area contributed by atoms with Crippen LogP contribution in [-0.2, 0) is 0 Å². The highest BCUT2D eigenvalue weighted by atomic mass is 19.1. The van der Waals surface area contributed by atoms with Crippen molar-refractivity contribution < 1.29 is 23.0 Å². The molecule has 5 rings (SSSR count). The number of rotatable bonds is 6. The number of nitrogens with one attached hydrogen (secondary N) is 1. The molecule has 0 aliphatic carbocycles. The molecule has 8 heteroatoms. The lowest BCUT2D eigenvalue weighted by molar-refractivity contribution is 0.0930. The molecule has 1 fully saturated rings. The van der Waals surface area contributed by atoms with E-state index in [4.69, 9.17) is 9.47 Å². The van der Waals surface area contributed by atoms with Gasteiger partial charge < -0.3 is 19.7 Å². The van der Waals surface area contributed by atoms with Crippen molar-refractivity contribution in [2.24, 2.45) is 0 Å². The Hall–Kier alpha value is -3.65. The van der Waals surface area contributed by atoms with Crippen LogP contribution in [0.1, 0.15) is 22.0 Å². The number of halogens is 2. The number of amides is 1. The van der Waals surface area contributed by atoms with Gasteiger partial charge in [0, 0.05) is 44.0 Å². The minimum absolute atomic E-state index is 0.0886. The van der Waals surface area contributed by atoms with Gasteiger partial charge in [0.05, 0.1) is 6.04 Å². The molecule has 2 aliphatic rings.